The largest absolute Gasteiger partial charge is 0.456 e. The van der Waals surface area contributed by atoms with E-state index in [-0.39, 0.29) is 11.8 Å². The molecule has 1 fully saturated rings. The lowest BCUT2D eigenvalue weighted by Crippen LogP contribution is -2.42. The molecule has 2 aromatic heterocycles. The highest BCUT2D eigenvalue weighted by atomic mass is 16.5. The van der Waals surface area contributed by atoms with Crippen LogP contribution < -0.4 is 0 Å². The normalized spacial score (nSPS) is 18.4. The van der Waals surface area contributed by atoms with Crippen LogP contribution in [-0.4, -0.2) is 40.7 Å². The summed E-state index contributed by atoms with van der Waals surface area (Å²) >= 11 is 0. The topological polar surface area (TPSA) is 81.6 Å². The summed E-state index contributed by atoms with van der Waals surface area (Å²) in [6.07, 6.45) is 0.370. The molecule has 1 saturated heterocycles. The van der Waals surface area contributed by atoms with Gasteiger partial charge in [0.2, 0.25) is 11.8 Å². The van der Waals surface area contributed by atoms with Crippen molar-refractivity contribution in [3.63, 3.8) is 0 Å². The maximum Gasteiger partial charge on any atom is 0.289 e. The number of amides is 1. The van der Waals surface area contributed by atoms with Crippen molar-refractivity contribution >= 4 is 5.91 Å². The van der Waals surface area contributed by atoms with Gasteiger partial charge >= 0.3 is 0 Å². The number of hydrogen-bond acceptors (Lipinski definition) is 6. The van der Waals surface area contributed by atoms with Crippen molar-refractivity contribution in [1.29, 1.82) is 0 Å². The third-order valence-electron chi connectivity index (χ3n) is 4.13. The second kappa shape index (κ2) is 6.76. The van der Waals surface area contributed by atoms with Crippen LogP contribution in [-0.2, 0) is 11.2 Å². The summed E-state index contributed by atoms with van der Waals surface area (Å²) < 4.78 is 17.0. The lowest BCUT2D eigenvalue weighted by Gasteiger charge is -2.30. The summed E-state index contributed by atoms with van der Waals surface area (Å²) in [7, 11) is 0. The zero-order chi connectivity index (χ0) is 17.3. The second-order valence-electron chi connectivity index (χ2n) is 6.31. The van der Waals surface area contributed by atoms with Gasteiger partial charge in [0.15, 0.2) is 11.9 Å². The summed E-state index contributed by atoms with van der Waals surface area (Å²) in [5.41, 5.74) is 1.00. The van der Waals surface area contributed by atoms with E-state index in [0.717, 1.165) is 17.7 Å². The molecule has 0 N–H and O–H groups in total. The number of carbonyl (C=O) groups excluding carboxylic acids is 1. The third kappa shape index (κ3) is 3.21. The van der Waals surface area contributed by atoms with Gasteiger partial charge in [-0.05, 0) is 18.6 Å². The monoisotopic (exact) mass is 333 g/mol. The summed E-state index contributed by atoms with van der Waals surface area (Å²) in [5.74, 6) is 2.24. The molecule has 0 saturated carbocycles. The quantitative estimate of drug-likeness (QED) is 0.856. The molecule has 7 nitrogen and oxygen atoms in total. The fourth-order valence-electron chi connectivity index (χ4n) is 2.73. The standard InChI is InChI=1S/C17H23N3O4/c1-5-12-11(4)8-13(23-12)17(21)20-6-7-22-14(9-20)16-19-18-15(24-16)10(2)3/h8,10,14H,5-7,9H2,1-4H3. The number of aromatic nitrogens is 2. The van der Waals surface area contributed by atoms with E-state index in [2.05, 4.69) is 10.2 Å². The van der Waals surface area contributed by atoms with E-state index >= 15 is 0 Å². The first kappa shape index (κ1) is 16.7. The van der Waals surface area contributed by atoms with Gasteiger partial charge in [-0.1, -0.05) is 20.8 Å². The first-order valence-corrected chi connectivity index (χ1v) is 8.33. The zero-order valence-electron chi connectivity index (χ0n) is 14.5. The average molecular weight is 333 g/mol. The average Bonchev–Trinajstić information content (AvgIpc) is 3.21. The molecule has 1 aliphatic rings. The summed E-state index contributed by atoms with van der Waals surface area (Å²) in [6.45, 7) is 9.25. The Morgan fingerprint density at radius 1 is 1.38 bits per heavy atom. The van der Waals surface area contributed by atoms with Crippen LogP contribution in [0.4, 0.5) is 0 Å². The van der Waals surface area contributed by atoms with Crippen LogP contribution in [0.15, 0.2) is 14.9 Å². The molecule has 3 heterocycles. The molecular weight excluding hydrogens is 310 g/mol. The molecular formula is C17H23N3O4. The van der Waals surface area contributed by atoms with E-state index in [4.69, 9.17) is 13.6 Å². The number of ether oxygens (including phenoxy) is 1. The molecule has 1 unspecified atom stereocenters. The minimum absolute atomic E-state index is 0.130. The van der Waals surface area contributed by atoms with Gasteiger partial charge in [0.05, 0.1) is 13.2 Å². The van der Waals surface area contributed by atoms with Gasteiger partial charge in [-0.3, -0.25) is 4.79 Å². The van der Waals surface area contributed by atoms with E-state index in [9.17, 15) is 4.79 Å². The van der Waals surface area contributed by atoms with Crippen molar-refractivity contribution in [1.82, 2.24) is 15.1 Å². The summed E-state index contributed by atoms with van der Waals surface area (Å²) in [4.78, 5) is 14.4. The van der Waals surface area contributed by atoms with E-state index in [1.807, 2.05) is 27.7 Å². The molecule has 2 aromatic rings. The molecule has 130 valence electrons. The number of morpholine rings is 1. The molecule has 1 amide bonds. The molecule has 7 heteroatoms. The van der Waals surface area contributed by atoms with Crippen molar-refractivity contribution < 1.29 is 18.4 Å². The van der Waals surface area contributed by atoms with Crippen molar-refractivity contribution in [2.75, 3.05) is 19.7 Å². The molecule has 0 radical (unpaired) electrons. The van der Waals surface area contributed by atoms with Gasteiger partial charge < -0.3 is 18.5 Å². The summed E-state index contributed by atoms with van der Waals surface area (Å²) in [6, 6.07) is 1.80. The molecule has 0 aromatic carbocycles. The maximum atomic E-state index is 12.7. The van der Waals surface area contributed by atoms with Crippen molar-refractivity contribution in [3.05, 3.63) is 34.9 Å². The fourth-order valence-corrected chi connectivity index (χ4v) is 2.73. The van der Waals surface area contributed by atoms with Crippen LogP contribution in [0.3, 0.4) is 0 Å². The minimum atomic E-state index is -0.399. The Morgan fingerprint density at radius 3 is 2.79 bits per heavy atom. The van der Waals surface area contributed by atoms with Gasteiger partial charge in [0.25, 0.3) is 5.91 Å². The molecule has 0 aliphatic carbocycles. The maximum absolute atomic E-state index is 12.7. The molecule has 0 bridgehead atoms. The van der Waals surface area contributed by atoms with Crippen molar-refractivity contribution in [3.8, 4) is 0 Å². The lowest BCUT2D eigenvalue weighted by atomic mass is 10.2. The Labute approximate surface area is 141 Å². The minimum Gasteiger partial charge on any atom is -0.456 e. The van der Waals surface area contributed by atoms with Crippen LogP contribution in [0, 0.1) is 6.92 Å². The molecule has 0 spiro atoms. The van der Waals surface area contributed by atoms with Gasteiger partial charge in [0.1, 0.15) is 5.76 Å². The SMILES string of the molecule is CCc1oc(C(=O)N2CCOC(c3nnc(C(C)C)o3)C2)cc1C. The van der Waals surface area contributed by atoms with Crippen LogP contribution >= 0.6 is 0 Å². The molecule has 3 rings (SSSR count). The predicted molar refractivity (Wildman–Crippen MR) is 85.8 cm³/mol. The molecule has 1 atom stereocenters. The van der Waals surface area contributed by atoms with E-state index in [0.29, 0.717) is 37.2 Å². The van der Waals surface area contributed by atoms with Crippen molar-refractivity contribution in [2.24, 2.45) is 0 Å². The second-order valence-corrected chi connectivity index (χ2v) is 6.31. The zero-order valence-corrected chi connectivity index (χ0v) is 14.5. The lowest BCUT2D eigenvalue weighted by molar-refractivity contribution is -0.0359. The number of rotatable bonds is 4. The summed E-state index contributed by atoms with van der Waals surface area (Å²) in [5, 5.41) is 8.08. The van der Waals surface area contributed by atoms with Crippen molar-refractivity contribution in [2.45, 2.75) is 46.1 Å². The highest BCUT2D eigenvalue weighted by Gasteiger charge is 2.31. The third-order valence-corrected chi connectivity index (χ3v) is 4.13. The Kier molecular flexibility index (Phi) is 4.71. The number of carbonyl (C=O) groups is 1. The van der Waals surface area contributed by atoms with Crippen LogP contribution in [0.2, 0.25) is 0 Å². The Hall–Kier alpha value is -2.15. The Bertz CT molecular complexity index is 719. The fraction of sp³-hybridized carbons (Fsp3) is 0.588. The van der Waals surface area contributed by atoms with Gasteiger partial charge in [-0.15, -0.1) is 10.2 Å². The molecule has 24 heavy (non-hydrogen) atoms. The highest BCUT2D eigenvalue weighted by molar-refractivity contribution is 5.91. The highest BCUT2D eigenvalue weighted by Crippen LogP contribution is 2.25. The molecule has 1 aliphatic heterocycles. The van der Waals surface area contributed by atoms with Crippen LogP contribution in [0.1, 0.15) is 66.5 Å². The first-order chi connectivity index (χ1) is 11.5. The van der Waals surface area contributed by atoms with E-state index in [1.165, 1.54) is 0 Å². The Morgan fingerprint density at radius 2 is 2.17 bits per heavy atom. The van der Waals surface area contributed by atoms with E-state index in [1.54, 1.807) is 11.0 Å². The van der Waals surface area contributed by atoms with Gasteiger partial charge in [-0.2, -0.15) is 0 Å². The predicted octanol–water partition coefficient (Wildman–Crippen LogP) is 2.87. The Balaban J connectivity index is 1.73. The number of aryl methyl sites for hydroxylation is 2. The number of hydrogen-bond donors (Lipinski definition) is 0. The van der Waals surface area contributed by atoms with Gasteiger partial charge in [0, 0.05) is 18.9 Å². The van der Waals surface area contributed by atoms with Crippen LogP contribution in [0.25, 0.3) is 0 Å². The first-order valence-electron chi connectivity index (χ1n) is 8.33. The smallest absolute Gasteiger partial charge is 0.289 e. The van der Waals surface area contributed by atoms with Crippen LogP contribution in [0.5, 0.6) is 0 Å². The van der Waals surface area contributed by atoms with E-state index < -0.39 is 6.10 Å². The van der Waals surface area contributed by atoms with Gasteiger partial charge in [-0.25, -0.2) is 0 Å². The number of furan rings is 1. The number of nitrogens with zero attached hydrogens (tertiary/aromatic N) is 3.